The van der Waals surface area contributed by atoms with Crippen molar-refractivity contribution < 1.29 is 9.50 Å². The zero-order valence-electron chi connectivity index (χ0n) is 9.82. The van der Waals surface area contributed by atoms with Crippen molar-refractivity contribution in [3.8, 4) is 11.8 Å². The normalized spacial score (nSPS) is 9.95. The van der Waals surface area contributed by atoms with Crippen molar-refractivity contribution in [2.24, 2.45) is 0 Å². The van der Waals surface area contributed by atoms with Crippen LogP contribution in [0.3, 0.4) is 0 Å². The molecule has 0 aliphatic heterocycles. The highest BCUT2D eigenvalue weighted by Gasteiger charge is 2.03. The van der Waals surface area contributed by atoms with E-state index < -0.39 is 5.82 Å². The van der Waals surface area contributed by atoms with Crippen LogP contribution in [0.5, 0.6) is 5.75 Å². The average Bonchev–Trinajstić information content (AvgIpc) is 2.35. The summed E-state index contributed by atoms with van der Waals surface area (Å²) < 4.78 is 13.1. The fourth-order valence-corrected chi connectivity index (χ4v) is 1.88. The SMILES string of the molecule is N#Cc1ccc(NCc2cc(O)cc(F)c2)cc1Cl. The molecule has 0 fully saturated rings. The molecule has 0 radical (unpaired) electrons. The van der Waals surface area contributed by atoms with Gasteiger partial charge in [0, 0.05) is 18.3 Å². The van der Waals surface area contributed by atoms with Crippen LogP contribution in [0.15, 0.2) is 36.4 Å². The van der Waals surface area contributed by atoms with Crippen LogP contribution in [0.25, 0.3) is 0 Å². The van der Waals surface area contributed by atoms with Crippen molar-refractivity contribution in [1.29, 1.82) is 5.26 Å². The molecule has 19 heavy (non-hydrogen) atoms. The third-order valence-electron chi connectivity index (χ3n) is 2.53. The number of nitriles is 1. The fraction of sp³-hybridized carbons (Fsp3) is 0.0714. The number of nitrogens with zero attached hydrogens (tertiary/aromatic N) is 1. The molecule has 2 rings (SSSR count). The summed E-state index contributed by atoms with van der Waals surface area (Å²) in [5.74, 6) is -0.607. The number of phenolic OH excluding ortho intramolecular Hbond substituents is 1. The van der Waals surface area contributed by atoms with Gasteiger partial charge in [0.05, 0.1) is 10.6 Å². The number of halogens is 2. The first kappa shape index (κ1) is 13.2. The quantitative estimate of drug-likeness (QED) is 0.899. The van der Waals surface area contributed by atoms with Gasteiger partial charge in [0.1, 0.15) is 17.6 Å². The number of rotatable bonds is 3. The molecule has 0 spiro atoms. The maximum Gasteiger partial charge on any atom is 0.127 e. The van der Waals surface area contributed by atoms with E-state index >= 15 is 0 Å². The molecule has 0 unspecified atom stereocenters. The molecule has 2 N–H and O–H groups in total. The largest absolute Gasteiger partial charge is 0.508 e. The van der Waals surface area contributed by atoms with E-state index in [1.54, 1.807) is 18.2 Å². The molecular formula is C14H10ClFN2O. The highest BCUT2D eigenvalue weighted by Crippen LogP contribution is 2.21. The second kappa shape index (κ2) is 5.59. The standard InChI is InChI=1S/C14H10ClFN2O/c15-14-6-12(2-1-10(14)7-17)18-8-9-3-11(16)5-13(19)4-9/h1-6,18-19H,8H2. The Morgan fingerprint density at radius 2 is 2.05 bits per heavy atom. The Labute approximate surface area is 114 Å². The third kappa shape index (κ3) is 3.36. The van der Waals surface area contributed by atoms with Gasteiger partial charge in [0.25, 0.3) is 0 Å². The Balaban J connectivity index is 2.10. The van der Waals surface area contributed by atoms with Crippen molar-refractivity contribution in [1.82, 2.24) is 0 Å². The van der Waals surface area contributed by atoms with E-state index in [0.717, 1.165) is 6.07 Å². The number of benzene rings is 2. The Kier molecular flexibility index (Phi) is 3.88. The maximum atomic E-state index is 13.1. The molecule has 0 aromatic heterocycles. The lowest BCUT2D eigenvalue weighted by atomic mass is 10.2. The first-order valence-corrected chi connectivity index (χ1v) is 5.88. The van der Waals surface area contributed by atoms with E-state index in [1.807, 2.05) is 6.07 Å². The van der Waals surface area contributed by atoms with E-state index in [2.05, 4.69) is 5.32 Å². The van der Waals surface area contributed by atoms with Gasteiger partial charge in [0.15, 0.2) is 0 Å². The van der Waals surface area contributed by atoms with E-state index in [0.29, 0.717) is 28.4 Å². The number of hydrogen-bond acceptors (Lipinski definition) is 3. The second-order valence-corrected chi connectivity index (χ2v) is 4.38. The zero-order valence-corrected chi connectivity index (χ0v) is 10.6. The van der Waals surface area contributed by atoms with Crippen LogP contribution in [-0.4, -0.2) is 5.11 Å². The van der Waals surface area contributed by atoms with E-state index in [9.17, 15) is 9.50 Å². The molecule has 0 atom stereocenters. The van der Waals surface area contributed by atoms with E-state index in [-0.39, 0.29) is 5.75 Å². The van der Waals surface area contributed by atoms with E-state index in [4.69, 9.17) is 16.9 Å². The third-order valence-corrected chi connectivity index (χ3v) is 2.84. The molecular weight excluding hydrogens is 267 g/mol. The van der Waals surface area contributed by atoms with Crippen LogP contribution in [-0.2, 0) is 6.54 Å². The lowest BCUT2D eigenvalue weighted by molar-refractivity contribution is 0.468. The van der Waals surface area contributed by atoms with Gasteiger partial charge >= 0.3 is 0 Å². The predicted octanol–water partition coefficient (Wildman–Crippen LogP) is 3.67. The van der Waals surface area contributed by atoms with Gasteiger partial charge in [-0.25, -0.2) is 4.39 Å². The molecule has 96 valence electrons. The monoisotopic (exact) mass is 276 g/mol. The number of hydrogen-bond donors (Lipinski definition) is 2. The lowest BCUT2D eigenvalue weighted by Gasteiger charge is -2.08. The molecule has 5 heteroatoms. The molecule has 0 bridgehead atoms. The van der Waals surface area contributed by atoms with Gasteiger partial charge in [0.2, 0.25) is 0 Å². The highest BCUT2D eigenvalue weighted by molar-refractivity contribution is 6.32. The van der Waals surface area contributed by atoms with Gasteiger partial charge in [-0.1, -0.05) is 11.6 Å². The molecule has 2 aromatic rings. The first-order chi connectivity index (χ1) is 9.08. The fourth-order valence-electron chi connectivity index (χ4n) is 1.66. The van der Waals surface area contributed by atoms with Crippen molar-refractivity contribution in [3.05, 3.63) is 58.4 Å². The number of nitrogens with one attached hydrogen (secondary N) is 1. The highest BCUT2D eigenvalue weighted by atomic mass is 35.5. The van der Waals surface area contributed by atoms with Gasteiger partial charge in [-0.15, -0.1) is 0 Å². The summed E-state index contributed by atoms with van der Waals surface area (Å²) in [4.78, 5) is 0. The van der Waals surface area contributed by atoms with Crippen LogP contribution < -0.4 is 5.32 Å². The molecule has 0 saturated carbocycles. The van der Waals surface area contributed by atoms with E-state index in [1.165, 1.54) is 12.1 Å². The zero-order chi connectivity index (χ0) is 13.8. The summed E-state index contributed by atoms with van der Waals surface area (Å²) in [6.07, 6.45) is 0. The molecule has 0 saturated heterocycles. The summed E-state index contributed by atoms with van der Waals surface area (Å²) in [5.41, 5.74) is 1.72. The summed E-state index contributed by atoms with van der Waals surface area (Å²) in [7, 11) is 0. The summed E-state index contributed by atoms with van der Waals surface area (Å²) in [6, 6.07) is 10.8. The minimum absolute atomic E-state index is 0.116. The topological polar surface area (TPSA) is 56.0 Å². The van der Waals surface area contributed by atoms with Gasteiger partial charge in [-0.2, -0.15) is 5.26 Å². The van der Waals surface area contributed by atoms with Gasteiger partial charge in [-0.3, -0.25) is 0 Å². The predicted molar refractivity (Wildman–Crippen MR) is 71.6 cm³/mol. The molecule has 0 heterocycles. The van der Waals surface area contributed by atoms with Crippen LogP contribution >= 0.6 is 11.6 Å². The Morgan fingerprint density at radius 1 is 1.26 bits per heavy atom. The second-order valence-electron chi connectivity index (χ2n) is 3.98. The van der Waals surface area contributed by atoms with Crippen LogP contribution in [0.2, 0.25) is 5.02 Å². The van der Waals surface area contributed by atoms with Gasteiger partial charge in [-0.05, 0) is 35.9 Å². The summed E-state index contributed by atoms with van der Waals surface area (Å²) in [5, 5.41) is 21.4. The molecule has 3 nitrogen and oxygen atoms in total. The number of anilines is 1. The lowest BCUT2D eigenvalue weighted by Crippen LogP contribution is -2.00. The summed E-state index contributed by atoms with van der Waals surface area (Å²) in [6.45, 7) is 0.341. The Morgan fingerprint density at radius 3 is 2.68 bits per heavy atom. The van der Waals surface area contributed by atoms with Gasteiger partial charge < -0.3 is 10.4 Å². The molecule has 0 amide bonds. The average molecular weight is 277 g/mol. The Hall–Kier alpha value is -2.25. The number of aromatic hydroxyl groups is 1. The minimum atomic E-state index is -0.491. The maximum absolute atomic E-state index is 13.1. The molecule has 0 aliphatic rings. The van der Waals surface area contributed by atoms with Crippen LogP contribution in [0.1, 0.15) is 11.1 Å². The van der Waals surface area contributed by atoms with Crippen molar-refractivity contribution in [2.75, 3.05) is 5.32 Å². The van der Waals surface area contributed by atoms with Crippen molar-refractivity contribution in [3.63, 3.8) is 0 Å². The van der Waals surface area contributed by atoms with Crippen molar-refractivity contribution >= 4 is 17.3 Å². The van der Waals surface area contributed by atoms with Crippen LogP contribution in [0, 0.1) is 17.1 Å². The smallest absolute Gasteiger partial charge is 0.127 e. The van der Waals surface area contributed by atoms with Crippen molar-refractivity contribution in [2.45, 2.75) is 6.54 Å². The summed E-state index contributed by atoms with van der Waals surface area (Å²) >= 11 is 5.90. The molecule has 2 aromatic carbocycles. The molecule has 0 aliphatic carbocycles. The Bertz CT molecular complexity index is 632. The minimum Gasteiger partial charge on any atom is -0.508 e. The number of phenols is 1. The first-order valence-electron chi connectivity index (χ1n) is 5.50. The van der Waals surface area contributed by atoms with Crippen LogP contribution in [0.4, 0.5) is 10.1 Å².